The lowest BCUT2D eigenvalue weighted by molar-refractivity contribution is -0.151. The highest BCUT2D eigenvalue weighted by molar-refractivity contribution is 6.24. The molecule has 3 rings (SSSR count). The molecule has 104 valence electrons. The van der Waals surface area contributed by atoms with E-state index in [4.69, 9.17) is 9.47 Å². The molecule has 0 aliphatic carbocycles. The number of rotatable bonds is 3. The van der Waals surface area contributed by atoms with E-state index in [1.165, 1.54) is 6.08 Å². The zero-order chi connectivity index (χ0) is 14.3. The molecule has 0 fully saturated rings. The maximum atomic E-state index is 12.7. The number of nitrogens with zero attached hydrogens (tertiary/aromatic N) is 1. The Labute approximate surface area is 116 Å². The number of anilines is 1. The van der Waals surface area contributed by atoms with Gasteiger partial charge in [0.05, 0.1) is 18.4 Å². The van der Waals surface area contributed by atoms with Gasteiger partial charge in [-0.25, -0.2) is 0 Å². The van der Waals surface area contributed by atoms with E-state index in [0.29, 0.717) is 18.7 Å². The number of fused-ring (bicyclic) bond motifs is 2. The molecule has 1 aromatic carbocycles. The SMILES string of the molecule is CCOC1=CC(=O)[C@@]2(O1)C(=O)N(CC)c1ccccc12. The third kappa shape index (κ3) is 1.43. The van der Waals surface area contributed by atoms with Crippen LogP contribution in [0, 0.1) is 0 Å². The molecule has 5 nitrogen and oxygen atoms in total. The molecule has 2 aliphatic rings. The summed E-state index contributed by atoms with van der Waals surface area (Å²) in [6.45, 7) is 4.52. The van der Waals surface area contributed by atoms with Crippen LogP contribution in [0.15, 0.2) is 36.3 Å². The zero-order valence-corrected chi connectivity index (χ0v) is 11.4. The summed E-state index contributed by atoms with van der Waals surface area (Å²) < 4.78 is 10.9. The van der Waals surface area contributed by atoms with E-state index in [0.717, 1.165) is 5.69 Å². The van der Waals surface area contributed by atoms with E-state index >= 15 is 0 Å². The minimum atomic E-state index is -1.59. The first-order valence-electron chi connectivity index (χ1n) is 6.64. The largest absolute Gasteiger partial charge is 0.466 e. The predicted molar refractivity (Wildman–Crippen MR) is 71.9 cm³/mol. The maximum absolute atomic E-state index is 12.7. The van der Waals surface area contributed by atoms with Crippen molar-refractivity contribution in [3.8, 4) is 0 Å². The average molecular weight is 273 g/mol. The molecule has 1 aromatic rings. The van der Waals surface area contributed by atoms with E-state index in [1.54, 1.807) is 24.0 Å². The highest BCUT2D eigenvalue weighted by Gasteiger charge is 2.61. The number of ether oxygens (including phenoxy) is 2. The second-order valence-corrected chi connectivity index (χ2v) is 4.61. The third-order valence-corrected chi connectivity index (χ3v) is 3.57. The van der Waals surface area contributed by atoms with E-state index in [1.807, 2.05) is 19.1 Å². The number of ketones is 1. The second kappa shape index (κ2) is 4.37. The molecule has 1 spiro atoms. The number of carbonyl (C=O) groups is 2. The van der Waals surface area contributed by atoms with Gasteiger partial charge in [-0.05, 0) is 19.9 Å². The Kier molecular flexibility index (Phi) is 2.78. The molecular formula is C15H15NO4. The van der Waals surface area contributed by atoms with Crippen LogP contribution < -0.4 is 4.90 Å². The van der Waals surface area contributed by atoms with Crippen LogP contribution in [0.3, 0.4) is 0 Å². The summed E-state index contributed by atoms with van der Waals surface area (Å²) >= 11 is 0. The Morgan fingerprint density at radius 3 is 2.70 bits per heavy atom. The summed E-state index contributed by atoms with van der Waals surface area (Å²) in [5.41, 5.74) is -0.279. The van der Waals surface area contributed by atoms with Crippen molar-refractivity contribution in [1.29, 1.82) is 0 Å². The third-order valence-electron chi connectivity index (χ3n) is 3.57. The predicted octanol–water partition coefficient (Wildman–Crippen LogP) is 1.73. The molecule has 0 saturated carbocycles. The minimum Gasteiger partial charge on any atom is -0.466 e. The smallest absolute Gasteiger partial charge is 0.284 e. The Hall–Kier alpha value is -2.30. The van der Waals surface area contributed by atoms with Gasteiger partial charge in [-0.1, -0.05) is 18.2 Å². The van der Waals surface area contributed by atoms with Gasteiger partial charge in [-0.3, -0.25) is 9.59 Å². The van der Waals surface area contributed by atoms with E-state index in [-0.39, 0.29) is 17.6 Å². The van der Waals surface area contributed by atoms with Crippen LogP contribution in [-0.4, -0.2) is 24.8 Å². The van der Waals surface area contributed by atoms with Gasteiger partial charge >= 0.3 is 0 Å². The van der Waals surface area contributed by atoms with Gasteiger partial charge in [0.1, 0.15) is 0 Å². The van der Waals surface area contributed by atoms with Crippen molar-refractivity contribution in [3.05, 3.63) is 41.9 Å². The van der Waals surface area contributed by atoms with E-state index in [9.17, 15) is 9.59 Å². The Balaban J connectivity index is 2.12. The number of benzene rings is 1. The number of likely N-dealkylation sites (N-methyl/N-ethyl adjacent to an activating group) is 1. The highest BCUT2D eigenvalue weighted by atomic mass is 16.7. The lowest BCUT2D eigenvalue weighted by Gasteiger charge is -2.22. The molecule has 0 unspecified atom stereocenters. The summed E-state index contributed by atoms with van der Waals surface area (Å²) in [4.78, 5) is 26.6. The lowest BCUT2D eigenvalue weighted by atomic mass is 9.92. The molecule has 2 aliphatic heterocycles. The van der Waals surface area contributed by atoms with Gasteiger partial charge < -0.3 is 14.4 Å². The highest BCUT2D eigenvalue weighted by Crippen LogP contribution is 2.47. The van der Waals surface area contributed by atoms with Gasteiger partial charge in [-0.15, -0.1) is 0 Å². The molecule has 5 heteroatoms. The molecule has 1 amide bonds. The van der Waals surface area contributed by atoms with Gasteiger partial charge in [-0.2, -0.15) is 0 Å². The van der Waals surface area contributed by atoms with E-state index < -0.39 is 5.60 Å². The van der Waals surface area contributed by atoms with Crippen LogP contribution in [-0.2, 0) is 24.7 Å². The molecule has 0 N–H and O–H groups in total. The normalized spacial score (nSPS) is 23.9. The first-order chi connectivity index (χ1) is 9.65. The lowest BCUT2D eigenvalue weighted by Crippen LogP contribution is -2.45. The second-order valence-electron chi connectivity index (χ2n) is 4.61. The number of carbonyl (C=O) groups excluding carboxylic acids is 2. The Morgan fingerprint density at radius 1 is 1.25 bits per heavy atom. The molecule has 2 heterocycles. The van der Waals surface area contributed by atoms with Crippen molar-refractivity contribution in [3.63, 3.8) is 0 Å². The van der Waals surface area contributed by atoms with Crippen LogP contribution in [0.25, 0.3) is 0 Å². The van der Waals surface area contributed by atoms with Crippen LogP contribution >= 0.6 is 0 Å². The zero-order valence-electron chi connectivity index (χ0n) is 11.4. The molecule has 0 aromatic heterocycles. The maximum Gasteiger partial charge on any atom is 0.284 e. The van der Waals surface area contributed by atoms with Crippen LogP contribution in [0.2, 0.25) is 0 Å². The van der Waals surface area contributed by atoms with Crippen LogP contribution in [0.5, 0.6) is 0 Å². The van der Waals surface area contributed by atoms with Crippen LogP contribution in [0.1, 0.15) is 19.4 Å². The molecule has 1 atom stereocenters. The van der Waals surface area contributed by atoms with Gasteiger partial charge in [0.25, 0.3) is 17.5 Å². The average Bonchev–Trinajstić information content (AvgIpc) is 2.89. The fraction of sp³-hybridized carbons (Fsp3) is 0.333. The summed E-state index contributed by atoms with van der Waals surface area (Å²) in [6, 6.07) is 7.21. The van der Waals surface area contributed by atoms with Crippen molar-refractivity contribution in [1.82, 2.24) is 0 Å². The van der Waals surface area contributed by atoms with Crippen molar-refractivity contribution >= 4 is 17.4 Å². The van der Waals surface area contributed by atoms with Gasteiger partial charge in [0, 0.05) is 12.1 Å². The van der Waals surface area contributed by atoms with Gasteiger partial charge in [0.2, 0.25) is 5.78 Å². The molecular weight excluding hydrogens is 258 g/mol. The number of hydrogen-bond donors (Lipinski definition) is 0. The molecule has 0 saturated heterocycles. The monoisotopic (exact) mass is 273 g/mol. The fourth-order valence-corrected chi connectivity index (χ4v) is 2.72. The van der Waals surface area contributed by atoms with Crippen molar-refractivity contribution in [2.45, 2.75) is 19.4 Å². The van der Waals surface area contributed by atoms with Gasteiger partial charge in [0.15, 0.2) is 0 Å². The summed E-state index contributed by atoms with van der Waals surface area (Å²) in [5, 5.41) is 0. The summed E-state index contributed by atoms with van der Waals surface area (Å²) in [6.07, 6.45) is 1.26. The summed E-state index contributed by atoms with van der Waals surface area (Å²) in [5.74, 6) is -0.620. The Bertz CT molecular complexity index is 622. The van der Waals surface area contributed by atoms with Crippen molar-refractivity contribution < 1.29 is 19.1 Å². The Morgan fingerprint density at radius 2 is 2.00 bits per heavy atom. The molecule has 20 heavy (non-hydrogen) atoms. The number of para-hydroxylation sites is 1. The van der Waals surface area contributed by atoms with Crippen molar-refractivity contribution in [2.24, 2.45) is 0 Å². The minimum absolute atomic E-state index is 0.110. The van der Waals surface area contributed by atoms with E-state index in [2.05, 4.69) is 0 Å². The quantitative estimate of drug-likeness (QED) is 0.787. The number of hydrogen-bond acceptors (Lipinski definition) is 4. The first kappa shape index (κ1) is 12.7. The fourth-order valence-electron chi connectivity index (χ4n) is 2.72. The molecule has 0 bridgehead atoms. The summed E-state index contributed by atoms with van der Waals surface area (Å²) in [7, 11) is 0. The molecule has 0 radical (unpaired) electrons. The number of amides is 1. The van der Waals surface area contributed by atoms with Crippen LogP contribution in [0.4, 0.5) is 5.69 Å². The topological polar surface area (TPSA) is 55.8 Å². The first-order valence-corrected chi connectivity index (χ1v) is 6.64. The standard InChI is InChI=1S/C15H15NO4/c1-3-16-11-8-6-5-7-10(11)15(14(16)18)12(17)9-13(20-15)19-4-2/h5-9H,3-4H2,1-2H3/t15-/m1/s1. The van der Waals surface area contributed by atoms with Crippen molar-refractivity contribution in [2.75, 3.05) is 18.1 Å².